The molecule has 13 heavy (non-hydrogen) atoms. The molecule has 1 heterocycles. The summed E-state index contributed by atoms with van der Waals surface area (Å²) in [5.41, 5.74) is 0.921. The number of nitrogens with one attached hydrogen (secondary N) is 1. The maximum atomic E-state index is 5.74. The predicted octanol–water partition coefficient (Wildman–Crippen LogP) is 2.21. The molecule has 0 spiro atoms. The monoisotopic (exact) mass is 199 g/mol. The van der Waals surface area contributed by atoms with E-state index in [4.69, 9.17) is 11.6 Å². The fourth-order valence-electron chi connectivity index (χ4n) is 0.935. The third-order valence-corrected chi connectivity index (χ3v) is 2.20. The lowest BCUT2D eigenvalue weighted by atomic mass is 10.2. The first-order valence-corrected chi connectivity index (χ1v) is 4.92. The van der Waals surface area contributed by atoms with E-state index < -0.39 is 0 Å². The molecule has 0 aromatic carbocycles. The highest BCUT2D eigenvalue weighted by molar-refractivity contribution is 6.18. The van der Waals surface area contributed by atoms with E-state index in [-0.39, 0.29) is 6.04 Å². The average Bonchev–Trinajstić information content (AvgIpc) is 2.17. The molecule has 4 heteroatoms. The van der Waals surface area contributed by atoms with E-state index in [0.29, 0.717) is 5.88 Å². The Labute approximate surface area is 83.5 Å². The number of anilines is 1. The lowest BCUT2D eigenvalue weighted by molar-refractivity contribution is 0.760. The van der Waals surface area contributed by atoms with Crippen LogP contribution in [0.5, 0.6) is 0 Å². The molecular formula is C9H14ClN3. The number of halogens is 1. The van der Waals surface area contributed by atoms with Gasteiger partial charge in [0.25, 0.3) is 0 Å². The van der Waals surface area contributed by atoms with Gasteiger partial charge in [-0.2, -0.15) is 5.10 Å². The average molecular weight is 200 g/mol. The molecule has 72 valence electrons. The summed E-state index contributed by atoms with van der Waals surface area (Å²) in [6.45, 7) is 4.00. The lowest BCUT2D eigenvalue weighted by Gasteiger charge is -2.13. The molecular weight excluding hydrogens is 186 g/mol. The summed E-state index contributed by atoms with van der Waals surface area (Å²) >= 11 is 5.74. The van der Waals surface area contributed by atoms with Crippen molar-refractivity contribution in [3.8, 4) is 0 Å². The third-order valence-electron chi connectivity index (χ3n) is 1.83. The van der Waals surface area contributed by atoms with Crippen molar-refractivity contribution in [2.75, 3.05) is 11.2 Å². The lowest BCUT2D eigenvalue weighted by Crippen LogP contribution is -2.20. The number of alkyl halides is 1. The highest BCUT2D eigenvalue weighted by atomic mass is 35.5. The second-order valence-corrected chi connectivity index (χ2v) is 3.27. The zero-order chi connectivity index (χ0) is 9.68. The topological polar surface area (TPSA) is 37.8 Å². The van der Waals surface area contributed by atoms with Crippen molar-refractivity contribution >= 4 is 17.4 Å². The quantitative estimate of drug-likeness (QED) is 0.756. The normalized spacial score (nSPS) is 12.5. The Balaban J connectivity index is 2.58. The van der Waals surface area contributed by atoms with Crippen molar-refractivity contribution in [1.82, 2.24) is 10.2 Å². The van der Waals surface area contributed by atoms with Gasteiger partial charge in [0.1, 0.15) is 5.82 Å². The first-order chi connectivity index (χ1) is 6.26. The Morgan fingerprint density at radius 2 is 2.23 bits per heavy atom. The molecule has 1 aromatic rings. The molecule has 0 aliphatic heterocycles. The summed E-state index contributed by atoms with van der Waals surface area (Å²) in [4.78, 5) is 0. The second-order valence-electron chi connectivity index (χ2n) is 2.96. The van der Waals surface area contributed by atoms with Crippen LogP contribution in [0.4, 0.5) is 5.82 Å². The Bertz CT molecular complexity index is 244. The van der Waals surface area contributed by atoms with Crippen LogP contribution < -0.4 is 5.32 Å². The fraction of sp³-hybridized carbons (Fsp3) is 0.556. The number of hydrogen-bond donors (Lipinski definition) is 1. The van der Waals surface area contributed by atoms with Crippen molar-refractivity contribution in [3.05, 3.63) is 17.8 Å². The van der Waals surface area contributed by atoms with E-state index in [0.717, 1.165) is 17.9 Å². The van der Waals surface area contributed by atoms with Gasteiger partial charge in [-0.1, -0.05) is 6.92 Å². The number of aromatic nitrogens is 2. The van der Waals surface area contributed by atoms with Crippen LogP contribution >= 0.6 is 11.6 Å². The van der Waals surface area contributed by atoms with Crippen LogP contribution in [0.25, 0.3) is 0 Å². The number of rotatable bonds is 4. The molecule has 0 amide bonds. The molecule has 3 nitrogen and oxygen atoms in total. The van der Waals surface area contributed by atoms with Gasteiger partial charge in [0.2, 0.25) is 0 Å². The summed E-state index contributed by atoms with van der Waals surface area (Å²) in [6.07, 6.45) is 0.985. The summed E-state index contributed by atoms with van der Waals surface area (Å²) in [5, 5.41) is 11.1. The van der Waals surface area contributed by atoms with Crippen LogP contribution in [0.1, 0.15) is 19.0 Å². The molecule has 1 atom stereocenters. The van der Waals surface area contributed by atoms with Crippen LogP contribution in [0.2, 0.25) is 0 Å². The summed E-state index contributed by atoms with van der Waals surface area (Å²) in [7, 11) is 0. The van der Waals surface area contributed by atoms with Crippen LogP contribution in [0, 0.1) is 6.92 Å². The van der Waals surface area contributed by atoms with Crippen LogP contribution in [-0.2, 0) is 0 Å². The SMILES string of the molecule is CCC(CCl)Nc1ccc(C)nn1. The van der Waals surface area contributed by atoms with Gasteiger partial charge in [-0.25, -0.2) is 0 Å². The first-order valence-electron chi connectivity index (χ1n) is 4.39. The van der Waals surface area contributed by atoms with Crippen LogP contribution in [-0.4, -0.2) is 22.1 Å². The molecule has 1 N–H and O–H groups in total. The highest BCUT2D eigenvalue weighted by Gasteiger charge is 2.04. The smallest absolute Gasteiger partial charge is 0.148 e. The molecule has 0 saturated carbocycles. The van der Waals surface area contributed by atoms with E-state index in [1.165, 1.54) is 0 Å². The van der Waals surface area contributed by atoms with E-state index >= 15 is 0 Å². The van der Waals surface area contributed by atoms with Gasteiger partial charge >= 0.3 is 0 Å². The van der Waals surface area contributed by atoms with Gasteiger partial charge in [0.15, 0.2) is 0 Å². The van der Waals surface area contributed by atoms with Gasteiger partial charge in [0, 0.05) is 11.9 Å². The summed E-state index contributed by atoms with van der Waals surface area (Å²) in [5.74, 6) is 1.38. The molecule has 0 radical (unpaired) electrons. The summed E-state index contributed by atoms with van der Waals surface area (Å²) < 4.78 is 0. The van der Waals surface area contributed by atoms with E-state index in [2.05, 4.69) is 22.4 Å². The summed E-state index contributed by atoms with van der Waals surface area (Å²) in [6, 6.07) is 4.12. The van der Waals surface area contributed by atoms with Gasteiger partial charge in [-0.3, -0.25) is 0 Å². The molecule has 1 rings (SSSR count). The largest absolute Gasteiger partial charge is 0.365 e. The van der Waals surface area contributed by atoms with E-state index in [1.807, 2.05) is 19.1 Å². The van der Waals surface area contributed by atoms with Crippen molar-refractivity contribution < 1.29 is 0 Å². The number of nitrogens with zero attached hydrogens (tertiary/aromatic N) is 2. The Hall–Kier alpha value is -0.830. The third kappa shape index (κ3) is 3.19. The maximum absolute atomic E-state index is 5.74. The minimum atomic E-state index is 0.277. The maximum Gasteiger partial charge on any atom is 0.148 e. The van der Waals surface area contributed by atoms with Crippen molar-refractivity contribution in [2.24, 2.45) is 0 Å². The Morgan fingerprint density at radius 3 is 2.69 bits per heavy atom. The van der Waals surface area contributed by atoms with Crippen molar-refractivity contribution in [1.29, 1.82) is 0 Å². The van der Waals surface area contributed by atoms with Gasteiger partial charge in [0.05, 0.1) is 5.69 Å². The molecule has 1 unspecified atom stereocenters. The zero-order valence-corrected chi connectivity index (χ0v) is 8.67. The van der Waals surface area contributed by atoms with Crippen molar-refractivity contribution in [2.45, 2.75) is 26.3 Å². The van der Waals surface area contributed by atoms with Gasteiger partial charge < -0.3 is 5.32 Å². The second kappa shape index (κ2) is 5.02. The predicted molar refractivity (Wildman–Crippen MR) is 55.2 cm³/mol. The molecule has 0 aliphatic carbocycles. The highest BCUT2D eigenvalue weighted by Crippen LogP contribution is 2.06. The Morgan fingerprint density at radius 1 is 1.46 bits per heavy atom. The molecule has 0 bridgehead atoms. The number of hydrogen-bond acceptors (Lipinski definition) is 3. The molecule has 0 saturated heterocycles. The minimum Gasteiger partial charge on any atom is -0.365 e. The van der Waals surface area contributed by atoms with Gasteiger partial charge in [-0.05, 0) is 25.5 Å². The molecule has 0 fully saturated rings. The first kappa shape index (κ1) is 10.3. The fourth-order valence-corrected chi connectivity index (χ4v) is 1.23. The van der Waals surface area contributed by atoms with E-state index in [9.17, 15) is 0 Å². The molecule has 0 aliphatic rings. The van der Waals surface area contributed by atoms with Crippen molar-refractivity contribution in [3.63, 3.8) is 0 Å². The standard InChI is InChI=1S/C9H14ClN3/c1-3-8(6-10)11-9-5-4-7(2)12-13-9/h4-5,8H,3,6H2,1-2H3,(H,11,13). The minimum absolute atomic E-state index is 0.277. The zero-order valence-electron chi connectivity index (χ0n) is 7.92. The van der Waals surface area contributed by atoms with Gasteiger partial charge in [-0.15, -0.1) is 16.7 Å². The Kier molecular flexibility index (Phi) is 3.96. The number of aryl methyl sites for hydroxylation is 1. The van der Waals surface area contributed by atoms with E-state index in [1.54, 1.807) is 0 Å². The molecule has 1 aromatic heterocycles. The van der Waals surface area contributed by atoms with Crippen LogP contribution in [0.3, 0.4) is 0 Å². The van der Waals surface area contributed by atoms with Crippen LogP contribution in [0.15, 0.2) is 12.1 Å².